The predicted octanol–water partition coefficient (Wildman–Crippen LogP) is 1.57. The van der Waals surface area contributed by atoms with E-state index in [9.17, 15) is 9.59 Å². The van der Waals surface area contributed by atoms with Gasteiger partial charge in [0.2, 0.25) is 11.8 Å². The van der Waals surface area contributed by atoms with Crippen LogP contribution in [0, 0.1) is 0 Å². The Bertz CT molecular complexity index is 821. The summed E-state index contributed by atoms with van der Waals surface area (Å²) in [6.45, 7) is 5.15. The maximum Gasteiger partial charge on any atom is 0.236 e. The fourth-order valence-electron chi connectivity index (χ4n) is 4.05. The number of nitrogens with zero attached hydrogens (tertiary/aromatic N) is 5. The van der Waals surface area contributed by atoms with Crippen molar-refractivity contribution in [3.63, 3.8) is 0 Å². The van der Waals surface area contributed by atoms with Gasteiger partial charge in [-0.15, -0.1) is 0 Å². The topological polar surface area (TPSA) is 61.7 Å². The Kier molecular flexibility index (Phi) is 6.24. The number of piperidine rings is 1. The van der Waals surface area contributed by atoms with Crippen molar-refractivity contribution in [3.8, 4) is 5.69 Å². The third-order valence-corrected chi connectivity index (χ3v) is 5.80. The minimum atomic E-state index is 0.125. The second kappa shape index (κ2) is 9.22. The molecule has 2 aliphatic rings. The van der Waals surface area contributed by atoms with Crippen molar-refractivity contribution in [3.05, 3.63) is 48.3 Å². The van der Waals surface area contributed by atoms with E-state index in [0.29, 0.717) is 26.1 Å². The molecule has 0 atom stereocenters. The molecule has 7 heteroatoms. The number of hydrogen-bond acceptors (Lipinski definition) is 4. The number of amides is 2. The maximum absolute atomic E-state index is 12.7. The molecule has 2 saturated heterocycles. The molecular weight excluding hydrogens is 366 g/mol. The maximum atomic E-state index is 12.7. The Morgan fingerprint density at radius 3 is 2.24 bits per heavy atom. The first-order valence-electron chi connectivity index (χ1n) is 10.6. The number of carbonyl (C=O) groups is 2. The summed E-state index contributed by atoms with van der Waals surface area (Å²) in [4.78, 5) is 31.2. The van der Waals surface area contributed by atoms with Gasteiger partial charge in [-0.1, -0.05) is 18.2 Å². The zero-order chi connectivity index (χ0) is 20.1. The van der Waals surface area contributed by atoms with E-state index in [1.54, 1.807) is 10.9 Å². The molecule has 29 heavy (non-hydrogen) atoms. The number of benzene rings is 1. The summed E-state index contributed by atoms with van der Waals surface area (Å²) < 4.78 is 1.80. The molecule has 4 rings (SSSR count). The Morgan fingerprint density at radius 1 is 0.828 bits per heavy atom. The van der Waals surface area contributed by atoms with E-state index in [1.807, 2.05) is 46.3 Å². The molecule has 7 nitrogen and oxygen atoms in total. The van der Waals surface area contributed by atoms with Crippen molar-refractivity contribution in [2.24, 2.45) is 0 Å². The van der Waals surface area contributed by atoms with Gasteiger partial charge in [-0.05, 0) is 37.0 Å². The van der Waals surface area contributed by atoms with Gasteiger partial charge in [-0.3, -0.25) is 14.5 Å². The summed E-state index contributed by atoms with van der Waals surface area (Å²) in [6.07, 6.45) is 7.51. The quantitative estimate of drug-likeness (QED) is 0.771. The molecule has 2 aliphatic heterocycles. The fourth-order valence-corrected chi connectivity index (χ4v) is 4.05. The number of likely N-dealkylation sites (tertiary alicyclic amines) is 1. The molecule has 1 aromatic carbocycles. The molecule has 1 aromatic heterocycles. The fraction of sp³-hybridized carbons (Fsp3) is 0.500. The minimum absolute atomic E-state index is 0.125. The molecule has 2 aromatic rings. The van der Waals surface area contributed by atoms with E-state index in [2.05, 4.69) is 10.00 Å². The van der Waals surface area contributed by atoms with Crippen LogP contribution in [0.1, 0.15) is 24.8 Å². The SMILES string of the molecule is O=C(Cc1cnn(-c2ccccc2)c1)N1CCN(CC(=O)N2CCCCC2)CC1. The van der Waals surface area contributed by atoms with Crippen LogP contribution in [0.25, 0.3) is 5.69 Å². The highest BCUT2D eigenvalue weighted by atomic mass is 16.2. The molecule has 154 valence electrons. The highest BCUT2D eigenvalue weighted by Crippen LogP contribution is 2.12. The molecule has 0 spiro atoms. The largest absolute Gasteiger partial charge is 0.342 e. The van der Waals surface area contributed by atoms with Crippen LogP contribution < -0.4 is 0 Å². The third-order valence-electron chi connectivity index (χ3n) is 5.80. The van der Waals surface area contributed by atoms with Gasteiger partial charge in [0.1, 0.15) is 0 Å². The molecule has 0 N–H and O–H groups in total. The van der Waals surface area contributed by atoms with E-state index >= 15 is 0 Å². The molecule has 3 heterocycles. The van der Waals surface area contributed by atoms with Gasteiger partial charge in [-0.2, -0.15) is 5.10 Å². The van der Waals surface area contributed by atoms with Crippen LogP contribution in [0.5, 0.6) is 0 Å². The lowest BCUT2D eigenvalue weighted by Crippen LogP contribution is -2.52. The van der Waals surface area contributed by atoms with Crippen LogP contribution in [0.4, 0.5) is 0 Å². The van der Waals surface area contributed by atoms with Gasteiger partial charge in [0.25, 0.3) is 0 Å². The van der Waals surface area contributed by atoms with Crippen LogP contribution >= 0.6 is 0 Å². The van der Waals surface area contributed by atoms with Crippen LogP contribution in [0.2, 0.25) is 0 Å². The molecule has 0 saturated carbocycles. The summed E-state index contributed by atoms with van der Waals surface area (Å²) in [5.41, 5.74) is 1.90. The average molecular weight is 396 g/mol. The first kappa shape index (κ1) is 19.6. The van der Waals surface area contributed by atoms with Gasteiger partial charge in [0.05, 0.1) is 24.8 Å². The lowest BCUT2D eigenvalue weighted by atomic mass is 10.1. The Hall–Kier alpha value is -2.67. The van der Waals surface area contributed by atoms with Gasteiger partial charge in [0.15, 0.2) is 0 Å². The monoisotopic (exact) mass is 395 g/mol. The smallest absolute Gasteiger partial charge is 0.236 e. The van der Waals surface area contributed by atoms with Crippen molar-refractivity contribution in [1.29, 1.82) is 0 Å². The highest BCUT2D eigenvalue weighted by molar-refractivity contribution is 5.79. The summed E-state index contributed by atoms with van der Waals surface area (Å²) in [7, 11) is 0. The van der Waals surface area contributed by atoms with E-state index in [1.165, 1.54) is 6.42 Å². The van der Waals surface area contributed by atoms with Gasteiger partial charge < -0.3 is 9.80 Å². The first-order chi connectivity index (χ1) is 14.2. The second-order valence-electron chi connectivity index (χ2n) is 7.90. The molecule has 0 unspecified atom stereocenters. The highest BCUT2D eigenvalue weighted by Gasteiger charge is 2.25. The first-order valence-corrected chi connectivity index (χ1v) is 10.6. The summed E-state index contributed by atoms with van der Waals surface area (Å²) in [6, 6.07) is 9.89. The zero-order valence-electron chi connectivity index (χ0n) is 16.9. The van der Waals surface area contributed by atoms with Crippen LogP contribution in [-0.2, 0) is 16.0 Å². The number of rotatable bonds is 5. The molecule has 0 radical (unpaired) electrons. The van der Waals surface area contributed by atoms with Gasteiger partial charge in [0, 0.05) is 45.5 Å². The number of carbonyl (C=O) groups excluding carboxylic acids is 2. The normalized spacial score (nSPS) is 18.1. The van der Waals surface area contributed by atoms with Crippen molar-refractivity contribution < 1.29 is 9.59 Å². The summed E-state index contributed by atoms with van der Waals surface area (Å²) in [5, 5.41) is 4.37. The van der Waals surface area contributed by atoms with Gasteiger partial charge in [-0.25, -0.2) is 4.68 Å². The van der Waals surface area contributed by atoms with Crippen LogP contribution in [-0.4, -0.2) is 82.1 Å². The Morgan fingerprint density at radius 2 is 1.52 bits per heavy atom. The van der Waals surface area contributed by atoms with E-state index in [-0.39, 0.29) is 11.8 Å². The number of piperazine rings is 1. The molecule has 2 amide bonds. The Balaban J connectivity index is 1.24. The average Bonchev–Trinajstić information content (AvgIpc) is 3.24. The van der Waals surface area contributed by atoms with E-state index in [4.69, 9.17) is 0 Å². The summed E-state index contributed by atoms with van der Waals surface area (Å²) in [5.74, 6) is 0.359. The minimum Gasteiger partial charge on any atom is -0.342 e. The molecule has 0 bridgehead atoms. The van der Waals surface area contributed by atoms with Crippen LogP contribution in [0.15, 0.2) is 42.7 Å². The zero-order valence-corrected chi connectivity index (χ0v) is 16.9. The molecule has 0 aliphatic carbocycles. The van der Waals surface area contributed by atoms with Crippen LogP contribution in [0.3, 0.4) is 0 Å². The lowest BCUT2D eigenvalue weighted by molar-refractivity contribution is -0.135. The summed E-state index contributed by atoms with van der Waals surface area (Å²) >= 11 is 0. The van der Waals surface area contributed by atoms with E-state index in [0.717, 1.165) is 50.3 Å². The third kappa shape index (κ3) is 5.03. The standard InChI is InChI=1S/C22H29N5O2/c28-21(15-19-16-23-27(17-19)20-7-3-1-4-8-20)26-13-11-24(12-14-26)18-22(29)25-9-5-2-6-10-25/h1,3-4,7-8,16-17H,2,5-6,9-15,18H2. The molecule has 2 fully saturated rings. The lowest BCUT2D eigenvalue weighted by Gasteiger charge is -2.36. The van der Waals surface area contributed by atoms with Gasteiger partial charge >= 0.3 is 0 Å². The number of aromatic nitrogens is 2. The van der Waals surface area contributed by atoms with Crippen molar-refractivity contribution in [2.45, 2.75) is 25.7 Å². The van der Waals surface area contributed by atoms with E-state index < -0.39 is 0 Å². The number of para-hydroxylation sites is 1. The Labute approximate surface area is 171 Å². The van der Waals surface area contributed by atoms with Crippen molar-refractivity contribution >= 4 is 11.8 Å². The second-order valence-corrected chi connectivity index (χ2v) is 7.90. The van der Waals surface area contributed by atoms with Crippen molar-refractivity contribution in [2.75, 3.05) is 45.8 Å². The predicted molar refractivity (Wildman–Crippen MR) is 111 cm³/mol. The van der Waals surface area contributed by atoms with Crippen molar-refractivity contribution in [1.82, 2.24) is 24.5 Å². The molecular formula is C22H29N5O2. The number of hydrogen-bond donors (Lipinski definition) is 0.